The molecule has 0 aliphatic carbocycles. The number of nitrogens with zero attached hydrogens (tertiary/aromatic N) is 2. The molecule has 0 aliphatic heterocycles. The predicted molar refractivity (Wildman–Crippen MR) is 52.4 cm³/mol. The summed E-state index contributed by atoms with van der Waals surface area (Å²) < 4.78 is 0. The molecule has 1 aromatic rings. The Morgan fingerprint density at radius 2 is 2.38 bits per heavy atom. The third kappa shape index (κ3) is 2.18. The first-order chi connectivity index (χ1) is 6.15. The number of hydrogen-bond donors (Lipinski definition) is 1. The third-order valence-electron chi connectivity index (χ3n) is 1.79. The van der Waals surface area contributed by atoms with Gasteiger partial charge in [-0.1, -0.05) is 6.92 Å². The summed E-state index contributed by atoms with van der Waals surface area (Å²) in [5.41, 5.74) is 6.17. The lowest BCUT2D eigenvalue weighted by molar-refractivity contribution is -0.118. The number of amides is 1. The van der Waals surface area contributed by atoms with E-state index in [-0.39, 0.29) is 5.91 Å². The molecular formula is C9H13N3O. The minimum Gasteiger partial charge on any atom is -0.399 e. The summed E-state index contributed by atoms with van der Waals surface area (Å²) in [5.74, 6) is 0.616. The molecular weight excluding hydrogens is 166 g/mol. The lowest BCUT2D eigenvalue weighted by atomic mass is 10.3. The second-order valence-electron chi connectivity index (χ2n) is 2.75. The number of pyridine rings is 1. The molecule has 70 valence electrons. The second-order valence-corrected chi connectivity index (χ2v) is 2.75. The molecule has 4 heteroatoms. The lowest BCUT2D eigenvalue weighted by Crippen LogP contribution is -2.25. The van der Waals surface area contributed by atoms with Gasteiger partial charge in [0.05, 0.1) is 0 Å². The van der Waals surface area contributed by atoms with Gasteiger partial charge in [-0.3, -0.25) is 9.69 Å². The van der Waals surface area contributed by atoms with E-state index in [2.05, 4.69) is 4.98 Å². The van der Waals surface area contributed by atoms with Crippen molar-refractivity contribution in [3.05, 3.63) is 18.3 Å². The van der Waals surface area contributed by atoms with Gasteiger partial charge in [-0.05, 0) is 6.07 Å². The molecule has 0 atom stereocenters. The van der Waals surface area contributed by atoms with Crippen LogP contribution >= 0.6 is 0 Å². The average molecular weight is 179 g/mol. The number of anilines is 2. The summed E-state index contributed by atoms with van der Waals surface area (Å²) >= 11 is 0. The van der Waals surface area contributed by atoms with Gasteiger partial charge in [0.2, 0.25) is 5.91 Å². The fourth-order valence-electron chi connectivity index (χ4n) is 0.983. The zero-order valence-electron chi connectivity index (χ0n) is 7.82. The Balaban J connectivity index is 2.88. The van der Waals surface area contributed by atoms with E-state index in [4.69, 9.17) is 5.73 Å². The van der Waals surface area contributed by atoms with Gasteiger partial charge in [-0.15, -0.1) is 0 Å². The van der Waals surface area contributed by atoms with E-state index in [1.54, 1.807) is 25.4 Å². The van der Waals surface area contributed by atoms with Crippen molar-refractivity contribution < 1.29 is 4.79 Å². The Morgan fingerprint density at radius 1 is 1.69 bits per heavy atom. The van der Waals surface area contributed by atoms with Crippen molar-refractivity contribution >= 4 is 17.4 Å². The van der Waals surface area contributed by atoms with Gasteiger partial charge in [-0.25, -0.2) is 4.98 Å². The van der Waals surface area contributed by atoms with Crippen LogP contribution in [0.15, 0.2) is 18.3 Å². The van der Waals surface area contributed by atoms with Crippen molar-refractivity contribution in [3.8, 4) is 0 Å². The van der Waals surface area contributed by atoms with Crippen LogP contribution in [0.5, 0.6) is 0 Å². The Bertz CT molecular complexity index is 311. The number of carbonyl (C=O) groups excluding carboxylic acids is 1. The molecule has 0 aromatic carbocycles. The highest BCUT2D eigenvalue weighted by Crippen LogP contribution is 2.12. The molecule has 1 rings (SSSR count). The second kappa shape index (κ2) is 3.89. The summed E-state index contributed by atoms with van der Waals surface area (Å²) in [6.45, 7) is 1.81. The molecule has 1 amide bonds. The van der Waals surface area contributed by atoms with Crippen LogP contribution in [-0.4, -0.2) is 17.9 Å². The Hall–Kier alpha value is -1.58. The van der Waals surface area contributed by atoms with E-state index in [0.717, 1.165) is 0 Å². The highest BCUT2D eigenvalue weighted by Gasteiger charge is 2.08. The Labute approximate surface area is 77.4 Å². The van der Waals surface area contributed by atoms with Gasteiger partial charge in [-0.2, -0.15) is 0 Å². The van der Waals surface area contributed by atoms with E-state index in [9.17, 15) is 4.79 Å². The zero-order valence-corrected chi connectivity index (χ0v) is 7.82. The molecule has 1 aromatic heterocycles. The molecule has 4 nitrogen and oxygen atoms in total. The van der Waals surface area contributed by atoms with Crippen molar-refractivity contribution in [1.82, 2.24) is 4.98 Å². The van der Waals surface area contributed by atoms with Crippen molar-refractivity contribution in [2.24, 2.45) is 0 Å². The maximum absolute atomic E-state index is 11.3. The molecule has 0 unspecified atom stereocenters. The first kappa shape index (κ1) is 9.51. The number of carbonyl (C=O) groups is 1. The molecule has 0 fully saturated rings. The molecule has 0 aliphatic rings. The number of rotatable bonds is 2. The number of hydrogen-bond acceptors (Lipinski definition) is 3. The van der Waals surface area contributed by atoms with Crippen LogP contribution < -0.4 is 10.6 Å². The van der Waals surface area contributed by atoms with Gasteiger partial charge >= 0.3 is 0 Å². The maximum atomic E-state index is 11.3. The fraction of sp³-hybridized carbons (Fsp3) is 0.333. The first-order valence-electron chi connectivity index (χ1n) is 4.13. The topological polar surface area (TPSA) is 59.2 Å². The number of aromatic nitrogens is 1. The summed E-state index contributed by atoms with van der Waals surface area (Å²) in [6, 6.07) is 3.36. The molecule has 13 heavy (non-hydrogen) atoms. The summed E-state index contributed by atoms with van der Waals surface area (Å²) in [7, 11) is 1.69. The van der Waals surface area contributed by atoms with Gasteiger partial charge in [0.25, 0.3) is 0 Å². The average Bonchev–Trinajstić information content (AvgIpc) is 2.15. The summed E-state index contributed by atoms with van der Waals surface area (Å²) in [6.07, 6.45) is 2.05. The van der Waals surface area contributed by atoms with Gasteiger partial charge < -0.3 is 5.73 Å². The molecule has 2 N–H and O–H groups in total. The van der Waals surface area contributed by atoms with Crippen molar-refractivity contribution in [1.29, 1.82) is 0 Å². The SMILES string of the molecule is CCC(=O)N(C)c1cc(N)ccn1. The van der Waals surface area contributed by atoms with Crippen LogP contribution in [0.3, 0.4) is 0 Å². The molecule has 0 bridgehead atoms. The van der Waals surface area contributed by atoms with Crippen LogP contribution in [0.1, 0.15) is 13.3 Å². The van der Waals surface area contributed by atoms with E-state index < -0.39 is 0 Å². The smallest absolute Gasteiger partial charge is 0.227 e. The monoisotopic (exact) mass is 179 g/mol. The molecule has 0 radical (unpaired) electrons. The molecule has 0 saturated carbocycles. The largest absolute Gasteiger partial charge is 0.399 e. The van der Waals surface area contributed by atoms with Crippen LogP contribution in [0.2, 0.25) is 0 Å². The highest BCUT2D eigenvalue weighted by molar-refractivity contribution is 5.91. The first-order valence-corrected chi connectivity index (χ1v) is 4.13. The highest BCUT2D eigenvalue weighted by atomic mass is 16.2. The zero-order chi connectivity index (χ0) is 9.84. The lowest BCUT2D eigenvalue weighted by Gasteiger charge is -2.14. The minimum atomic E-state index is 0.0260. The van der Waals surface area contributed by atoms with E-state index in [0.29, 0.717) is 17.9 Å². The Morgan fingerprint density at radius 3 is 2.92 bits per heavy atom. The van der Waals surface area contributed by atoms with E-state index in [1.807, 2.05) is 6.92 Å². The van der Waals surface area contributed by atoms with Crippen LogP contribution in [0, 0.1) is 0 Å². The van der Waals surface area contributed by atoms with Gasteiger partial charge in [0, 0.05) is 31.4 Å². The molecule has 0 spiro atoms. The van der Waals surface area contributed by atoms with Crippen LogP contribution in [0.4, 0.5) is 11.5 Å². The number of nitrogens with two attached hydrogens (primary N) is 1. The van der Waals surface area contributed by atoms with E-state index in [1.165, 1.54) is 4.90 Å². The summed E-state index contributed by atoms with van der Waals surface area (Å²) in [4.78, 5) is 16.8. The quantitative estimate of drug-likeness (QED) is 0.737. The van der Waals surface area contributed by atoms with Crippen molar-refractivity contribution in [2.75, 3.05) is 17.7 Å². The van der Waals surface area contributed by atoms with Crippen LogP contribution in [0.25, 0.3) is 0 Å². The predicted octanol–water partition coefficient (Wildman–Crippen LogP) is 1.04. The maximum Gasteiger partial charge on any atom is 0.227 e. The summed E-state index contributed by atoms with van der Waals surface area (Å²) in [5, 5.41) is 0. The Kier molecular flexibility index (Phi) is 2.84. The van der Waals surface area contributed by atoms with Gasteiger partial charge in [0.15, 0.2) is 0 Å². The molecule has 1 heterocycles. The number of nitrogen functional groups attached to an aromatic ring is 1. The molecule has 0 saturated heterocycles. The van der Waals surface area contributed by atoms with E-state index >= 15 is 0 Å². The normalized spacial score (nSPS) is 9.69. The standard InChI is InChI=1S/C9H13N3O/c1-3-9(13)12(2)8-6-7(10)4-5-11-8/h4-6H,3H2,1-2H3,(H2,10,11). The third-order valence-corrected chi connectivity index (χ3v) is 1.79. The van der Waals surface area contributed by atoms with Crippen LogP contribution in [-0.2, 0) is 4.79 Å². The van der Waals surface area contributed by atoms with Crippen molar-refractivity contribution in [3.63, 3.8) is 0 Å². The van der Waals surface area contributed by atoms with Crippen molar-refractivity contribution in [2.45, 2.75) is 13.3 Å². The minimum absolute atomic E-state index is 0.0260. The van der Waals surface area contributed by atoms with Gasteiger partial charge in [0.1, 0.15) is 5.82 Å². The fourth-order valence-corrected chi connectivity index (χ4v) is 0.983.